The molecule has 1 aliphatic heterocycles. The number of amides is 1. The lowest BCUT2D eigenvalue weighted by molar-refractivity contribution is -0.134. The van der Waals surface area contributed by atoms with Crippen molar-refractivity contribution in [1.29, 1.82) is 5.26 Å². The molecular formula is C18H25N3O. The van der Waals surface area contributed by atoms with Crippen molar-refractivity contribution < 1.29 is 4.79 Å². The summed E-state index contributed by atoms with van der Waals surface area (Å²) in [5.74, 6) is 0.262. The first-order valence-corrected chi connectivity index (χ1v) is 7.92. The Balaban J connectivity index is 1.84. The lowest BCUT2D eigenvalue weighted by atomic mass is 9.91. The Morgan fingerprint density at radius 1 is 1.36 bits per heavy atom. The van der Waals surface area contributed by atoms with E-state index in [1.54, 1.807) is 6.07 Å². The van der Waals surface area contributed by atoms with E-state index in [-0.39, 0.29) is 11.3 Å². The molecule has 1 aromatic rings. The minimum atomic E-state index is 0.0456. The number of rotatable bonds is 3. The second-order valence-corrected chi connectivity index (χ2v) is 7.23. The Morgan fingerprint density at radius 3 is 2.64 bits per heavy atom. The third kappa shape index (κ3) is 4.77. The molecule has 0 aliphatic carbocycles. The smallest absolute Gasteiger partial charge is 0.223 e. The molecule has 0 atom stereocenters. The Kier molecular flexibility index (Phi) is 5.07. The predicted octanol–water partition coefficient (Wildman–Crippen LogP) is 3.40. The highest BCUT2D eigenvalue weighted by Crippen LogP contribution is 2.23. The second kappa shape index (κ2) is 6.83. The number of hydrogen-bond acceptors (Lipinski definition) is 3. The van der Waals surface area contributed by atoms with Gasteiger partial charge in [-0.2, -0.15) is 5.26 Å². The minimum absolute atomic E-state index is 0.0456. The fourth-order valence-corrected chi connectivity index (χ4v) is 2.75. The molecule has 0 saturated carbocycles. The van der Waals surface area contributed by atoms with Crippen LogP contribution in [0.3, 0.4) is 0 Å². The summed E-state index contributed by atoms with van der Waals surface area (Å²) < 4.78 is 0. The number of benzene rings is 1. The third-order valence-corrected chi connectivity index (χ3v) is 3.89. The Hall–Kier alpha value is -2.02. The van der Waals surface area contributed by atoms with Crippen molar-refractivity contribution in [3.63, 3.8) is 0 Å². The number of piperidine rings is 1. The fraction of sp³-hybridized carbons (Fsp3) is 0.556. The summed E-state index contributed by atoms with van der Waals surface area (Å²) in [4.78, 5) is 14.2. The maximum Gasteiger partial charge on any atom is 0.223 e. The van der Waals surface area contributed by atoms with Crippen LogP contribution >= 0.6 is 0 Å². The van der Waals surface area contributed by atoms with Crippen LogP contribution in [0.15, 0.2) is 24.3 Å². The maximum absolute atomic E-state index is 12.2. The molecule has 1 amide bonds. The highest BCUT2D eigenvalue weighted by Gasteiger charge is 2.25. The van der Waals surface area contributed by atoms with Crippen LogP contribution in [0.2, 0.25) is 0 Å². The van der Waals surface area contributed by atoms with Crippen LogP contribution in [0.4, 0.5) is 5.69 Å². The molecule has 1 N–H and O–H groups in total. The number of carbonyl (C=O) groups is 1. The van der Waals surface area contributed by atoms with E-state index in [0.717, 1.165) is 31.6 Å². The molecule has 2 rings (SSSR count). The van der Waals surface area contributed by atoms with E-state index < -0.39 is 0 Å². The first-order valence-electron chi connectivity index (χ1n) is 7.92. The molecule has 22 heavy (non-hydrogen) atoms. The van der Waals surface area contributed by atoms with Gasteiger partial charge in [0.1, 0.15) is 0 Å². The van der Waals surface area contributed by atoms with Crippen molar-refractivity contribution in [3.8, 4) is 6.07 Å². The minimum Gasteiger partial charge on any atom is -0.382 e. The molecule has 1 aromatic carbocycles. The molecule has 1 saturated heterocycles. The van der Waals surface area contributed by atoms with Gasteiger partial charge in [-0.15, -0.1) is 0 Å². The molecule has 0 aromatic heterocycles. The van der Waals surface area contributed by atoms with Gasteiger partial charge in [0.2, 0.25) is 5.91 Å². The van der Waals surface area contributed by atoms with Crippen molar-refractivity contribution in [2.24, 2.45) is 5.41 Å². The van der Waals surface area contributed by atoms with Gasteiger partial charge in [-0.3, -0.25) is 4.79 Å². The number of hydrogen-bond donors (Lipinski definition) is 1. The molecule has 0 spiro atoms. The van der Waals surface area contributed by atoms with Crippen LogP contribution in [0.1, 0.15) is 45.6 Å². The molecular weight excluding hydrogens is 274 g/mol. The quantitative estimate of drug-likeness (QED) is 0.930. The van der Waals surface area contributed by atoms with Crippen LogP contribution in [-0.4, -0.2) is 29.9 Å². The first kappa shape index (κ1) is 16.4. The average Bonchev–Trinajstić information content (AvgIpc) is 2.46. The highest BCUT2D eigenvalue weighted by molar-refractivity contribution is 5.77. The van der Waals surface area contributed by atoms with Crippen molar-refractivity contribution >= 4 is 11.6 Å². The molecule has 4 nitrogen and oxygen atoms in total. The van der Waals surface area contributed by atoms with Crippen LogP contribution in [0.25, 0.3) is 0 Å². The van der Waals surface area contributed by atoms with Gasteiger partial charge in [-0.05, 0) is 36.5 Å². The Labute approximate surface area is 133 Å². The van der Waals surface area contributed by atoms with Gasteiger partial charge in [0.15, 0.2) is 0 Å². The lowest BCUT2D eigenvalue weighted by Crippen LogP contribution is -2.43. The third-order valence-electron chi connectivity index (χ3n) is 3.89. The van der Waals surface area contributed by atoms with Gasteiger partial charge in [-0.1, -0.05) is 26.8 Å². The van der Waals surface area contributed by atoms with Crippen LogP contribution in [0.5, 0.6) is 0 Å². The van der Waals surface area contributed by atoms with E-state index in [4.69, 9.17) is 5.26 Å². The van der Waals surface area contributed by atoms with Crippen molar-refractivity contribution in [2.75, 3.05) is 18.4 Å². The summed E-state index contributed by atoms with van der Waals surface area (Å²) >= 11 is 0. The second-order valence-electron chi connectivity index (χ2n) is 7.23. The van der Waals surface area contributed by atoms with Crippen molar-refractivity contribution in [3.05, 3.63) is 29.8 Å². The zero-order chi connectivity index (χ0) is 16.2. The largest absolute Gasteiger partial charge is 0.382 e. The van der Waals surface area contributed by atoms with Gasteiger partial charge in [0.25, 0.3) is 0 Å². The van der Waals surface area contributed by atoms with E-state index in [1.165, 1.54) is 0 Å². The topological polar surface area (TPSA) is 56.1 Å². The fourth-order valence-electron chi connectivity index (χ4n) is 2.75. The van der Waals surface area contributed by atoms with E-state index in [9.17, 15) is 4.79 Å². The number of carbonyl (C=O) groups excluding carboxylic acids is 1. The van der Waals surface area contributed by atoms with E-state index >= 15 is 0 Å². The molecule has 0 bridgehead atoms. The highest BCUT2D eigenvalue weighted by atomic mass is 16.2. The summed E-state index contributed by atoms with van der Waals surface area (Å²) in [5, 5.41) is 12.4. The van der Waals surface area contributed by atoms with Crippen molar-refractivity contribution in [2.45, 2.75) is 46.1 Å². The summed E-state index contributed by atoms with van der Waals surface area (Å²) in [6, 6.07) is 10.1. The standard InChI is InChI=1S/C18H25N3O/c1-18(2,3)12-17(22)21-9-7-15(8-10-21)20-16-6-4-5-14(11-16)13-19/h4-6,11,15,20H,7-10,12H2,1-3H3. The average molecular weight is 299 g/mol. The molecule has 0 radical (unpaired) electrons. The monoisotopic (exact) mass is 299 g/mol. The van der Waals surface area contributed by atoms with E-state index in [0.29, 0.717) is 18.0 Å². The molecule has 1 fully saturated rings. The molecule has 118 valence electrons. The molecule has 1 aliphatic rings. The SMILES string of the molecule is CC(C)(C)CC(=O)N1CCC(Nc2cccc(C#N)c2)CC1. The Bertz CT molecular complexity index is 560. The normalized spacial score (nSPS) is 16.2. The number of likely N-dealkylation sites (tertiary alicyclic amines) is 1. The number of nitrogens with zero attached hydrogens (tertiary/aromatic N) is 2. The predicted molar refractivity (Wildman–Crippen MR) is 88.5 cm³/mol. The molecule has 0 unspecified atom stereocenters. The van der Waals surface area contributed by atoms with Gasteiger partial charge in [-0.25, -0.2) is 0 Å². The Morgan fingerprint density at radius 2 is 2.05 bits per heavy atom. The first-order chi connectivity index (χ1) is 10.4. The van der Waals surface area contributed by atoms with Gasteiger partial charge in [0, 0.05) is 31.2 Å². The lowest BCUT2D eigenvalue weighted by Gasteiger charge is -2.34. The molecule has 4 heteroatoms. The summed E-state index contributed by atoms with van der Waals surface area (Å²) in [7, 11) is 0. The van der Waals surface area contributed by atoms with Crippen LogP contribution in [-0.2, 0) is 4.79 Å². The zero-order valence-electron chi connectivity index (χ0n) is 13.7. The summed E-state index contributed by atoms with van der Waals surface area (Å²) in [6.07, 6.45) is 2.51. The van der Waals surface area contributed by atoms with Crippen molar-refractivity contribution in [1.82, 2.24) is 4.90 Å². The number of anilines is 1. The molecule has 1 heterocycles. The van der Waals surface area contributed by atoms with Gasteiger partial charge < -0.3 is 10.2 Å². The number of nitriles is 1. The van der Waals surface area contributed by atoms with E-state index in [2.05, 4.69) is 32.2 Å². The maximum atomic E-state index is 12.2. The number of nitrogens with one attached hydrogen (secondary N) is 1. The van der Waals surface area contributed by atoms with Gasteiger partial charge >= 0.3 is 0 Å². The van der Waals surface area contributed by atoms with E-state index in [1.807, 2.05) is 23.1 Å². The van der Waals surface area contributed by atoms with Crippen LogP contribution < -0.4 is 5.32 Å². The van der Waals surface area contributed by atoms with Crippen LogP contribution in [0, 0.1) is 16.7 Å². The zero-order valence-corrected chi connectivity index (χ0v) is 13.7. The summed E-state index contributed by atoms with van der Waals surface area (Å²) in [6.45, 7) is 7.92. The van der Waals surface area contributed by atoms with Gasteiger partial charge in [0.05, 0.1) is 11.6 Å². The summed E-state index contributed by atoms with van der Waals surface area (Å²) in [5.41, 5.74) is 1.70.